The first-order chi connectivity index (χ1) is 11.7. The summed E-state index contributed by atoms with van der Waals surface area (Å²) in [5.74, 6) is 0.266. The molecule has 0 saturated carbocycles. The van der Waals surface area contributed by atoms with Crippen molar-refractivity contribution in [3.05, 3.63) is 22.7 Å². The first-order valence-corrected chi connectivity index (χ1v) is 8.90. The van der Waals surface area contributed by atoms with Crippen LogP contribution in [0.3, 0.4) is 0 Å². The van der Waals surface area contributed by atoms with Crippen LogP contribution in [0.25, 0.3) is 0 Å². The molecule has 0 atom stereocenters. The second kappa shape index (κ2) is 12.5. The van der Waals surface area contributed by atoms with Gasteiger partial charge >= 0.3 is 11.7 Å². The minimum absolute atomic E-state index is 0.211. The average Bonchev–Trinajstić information content (AvgIpc) is 2.56. The van der Waals surface area contributed by atoms with Crippen LogP contribution in [0.1, 0.15) is 58.3 Å². The molecular formula is C17H30N4O3. The summed E-state index contributed by atoms with van der Waals surface area (Å²) in [7, 11) is 0. The predicted octanol–water partition coefficient (Wildman–Crippen LogP) is 2.50. The van der Waals surface area contributed by atoms with Crippen LogP contribution in [0.4, 0.5) is 10.6 Å². The summed E-state index contributed by atoms with van der Waals surface area (Å²) in [6.45, 7) is 3.57. The van der Waals surface area contributed by atoms with E-state index in [1.54, 1.807) is 12.3 Å². The molecule has 0 saturated heterocycles. The molecule has 1 heterocycles. The Kier molecular flexibility index (Phi) is 10.5. The number of carbonyl (C=O) groups excluding carboxylic acids is 1. The number of nitrogens with one attached hydrogen (secondary N) is 2. The first kappa shape index (κ1) is 20.2. The van der Waals surface area contributed by atoms with Gasteiger partial charge in [0.15, 0.2) is 0 Å². The third-order valence-electron chi connectivity index (χ3n) is 3.74. The molecule has 3 N–H and O–H groups in total. The monoisotopic (exact) mass is 338 g/mol. The molecule has 0 aliphatic heterocycles. The molecule has 0 bridgehead atoms. The van der Waals surface area contributed by atoms with Gasteiger partial charge in [0, 0.05) is 25.9 Å². The van der Waals surface area contributed by atoms with Crippen LogP contribution in [0.15, 0.2) is 17.1 Å². The van der Waals surface area contributed by atoms with Crippen LogP contribution in [-0.2, 0) is 6.54 Å². The number of nitrogens with zero attached hydrogens (tertiary/aromatic N) is 2. The van der Waals surface area contributed by atoms with Gasteiger partial charge in [0.1, 0.15) is 5.82 Å². The number of aromatic nitrogens is 2. The van der Waals surface area contributed by atoms with Gasteiger partial charge in [0.25, 0.3) is 0 Å². The summed E-state index contributed by atoms with van der Waals surface area (Å²) in [6, 6.07) is 1.30. The fourth-order valence-corrected chi connectivity index (χ4v) is 2.33. The predicted molar refractivity (Wildman–Crippen MR) is 95.2 cm³/mol. The Hall–Kier alpha value is -1.89. The third kappa shape index (κ3) is 8.67. The van der Waals surface area contributed by atoms with Crippen molar-refractivity contribution in [3.63, 3.8) is 0 Å². The van der Waals surface area contributed by atoms with Gasteiger partial charge in [-0.25, -0.2) is 9.59 Å². The molecule has 1 aromatic heterocycles. The fraction of sp³-hybridized carbons (Fsp3) is 0.706. The highest BCUT2D eigenvalue weighted by atomic mass is 16.3. The molecule has 7 nitrogen and oxygen atoms in total. The summed E-state index contributed by atoms with van der Waals surface area (Å²) in [5, 5.41) is 14.1. The van der Waals surface area contributed by atoms with Crippen molar-refractivity contribution >= 4 is 11.8 Å². The number of aliphatic hydroxyl groups excluding tert-OH is 1. The number of hydrogen-bond acceptors (Lipinski definition) is 4. The van der Waals surface area contributed by atoms with Gasteiger partial charge in [-0.1, -0.05) is 39.0 Å². The minimum Gasteiger partial charge on any atom is -0.396 e. The molecule has 0 aliphatic carbocycles. The van der Waals surface area contributed by atoms with Gasteiger partial charge in [-0.3, -0.25) is 9.88 Å². The fourth-order valence-electron chi connectivity index (χ4n) is 2.33. The minimum atomic E-state index is -0.363. The molecule has 7 heteroatoms. The number of aryl methyl sites for hydroxylation is 1. The lowest BCUT2D eigenvalue weighted by atomic mass is 10.2. The number of amides is 2. The van der Waals surface area contributed by atoms with Gasteiger partial charge in [0.2, 0.25) is 0 Å². The Morgan fingerprint density at radius 1 is 1.17 bits per heavy atom. The number of urea groups is 1. The van der Waals surface area contributed by atoms with Gasteiger partial charge < -0.3 is 10.4 Å². The van der Waals surface area contributed by atoms with Crippen molar-refractivity contribution in [1.29, 1.82) is 0 Å². The molecule has 0 radical (unpaired) electrons. The van der Waals surface area contributed by atoms with Gasteiger partial charge in [0.05, 0.1) is 0 Å². The van der Waals surface area contributed by atoms with Crippen LogP contribution in [-0.4, -0.2) is 33.8 Å². The van der Waals surface area contributed by atoms with Crippen molar-refractivity contribution in [2.24, 2.45) is 0 Å². The number of rotatable bonds is 12. The largest absolute Gasteiger partial charge is 0.396 e. The highest BCUT2D eigenvalue weighted by molar-refractivity contribution is 5.87. The van der Waals surface area contributed by atoms with E-state index in [0.717, 1.165) is 44.9 Å². The third-order valence-corrected chi connectivity index (χ3v) is 3.74. The number of carbonyl (C=O) groups is 1. The Bertz CT molecular complexity index is 531. The molecule has 1 aromatic rings. The van der Waals surface area contributed by atoms with E-state index in [1.807, 2.05) is 0 Å². The van der Waals surface area contributed by atoms with E-state index in [1.165, 1.54) is 11.0 Å². The summed E-state index contributed by atoms with van der Waals surface area (Å²) >= 11 is 0. The zero-order valence-corrected chi connectivity index (χ0v) is 14.6. The lowest BCUT2D eigenvalue weighted by molar-refractivity contribution is 0.251. The average molecular weight is 338 g/mol. The van der Waals surface area contributed by atoms with Gasteiger partial charge in [-0.2, -0.15) is 4.98 Å². The standard InChI is InChI=1S/C17H30N4O3/c1-2-3-4-7-11-18-16(23)19-15-10-13-21(17(24)20-15)12-8-5-6-9-14-22/h10,13,22H,2-9,11-12,14H2,1H3,(H2,18,19,20,23,24). The van der Waals surface area contributed by atoms with E-state index in [4.69, 9.17) is 5.11 Å². The lowest BCUT2D eigenvalue weighted by Gasteiger charge is -2.08. The maximum absolute atomic E-state index is 11.9. The summed E-state index contributed by atoms with van der Waals surface area (Å²) in [6.07, 6.45) is 9.62. The number of hydrogen-bond donors (Lipinski definition) is 3. The molecule has 0 aliphatic rings. The highest BCUT2D eigenvalue weighted by Gasteiger charge is 2.04. The van der Waals surface area contributed by atoms with Crippen molar-refractivity contribution in [1.82, 2.24) is 14.9 Å². The van der Waals surface area contributed by atoms with Gasteiger partial charge in [-0.05, 0) is 25.3 Å². The van der Waals surface area contributed by atoms with E-state index in [0.29, 0.717) is 13.1 Å². The second-order valence-corrected chi connectivity index (χ2v) is 5.87. The van der Waals surface area contributed by atoms with Crippen molar-refractivity contribution < 1.29 is 9.90 Å². The molecule has 136 valence electrons. The molecule has 0 fully saturated rings. The van der Waals surface area contributed by atoms with E-state index >= 15 is 0 Å². The van der Waals surface area contributed by atoms with Crippen molar-refractivity contribution in [2.45, 2.75) is 64.8 Å². The topological polar surface area (TPSA) is 96.3 Å². The number of aliphatic hydroxyl groups is 1. The molecular weight excluding hydrogens is 308 g/mol. The molecule has 1 rings (SSSR count). The van der Waals surface area contributed by atoms with Gasteiger partial charge in [-0.15, -0.1) is 0 Å². The van der Waals surface area contributed by atoms with Crippen molar-refractivity contribution in [2.75, 3.05) is 18.5 Å². The van der Waals surface area contributed by atoms with Crippen LogP contribution < -0.4 is 16.3 Å². The maximum Gasteiger partial charge on any atom is 0.349 e. The van der Waals surface area contributed by atoms with E-state index in [2.05, 4.69) is 22.5 Å². The molecule has 24 heavy (non-hydrogen) atoms. The van der Waals surface area contributed by atoms with Crippen molar-refractivity contribution in [3.8, 4) is 0 Å². The highest BCUT2D eigenvalue weighted by Crippen LogP contribution is 2.02. The molecule has 0 aromatic carbocycles. The zero-order valence-electron chi connectivity index (χ0n) is 14.6. The zero-order chi connectivity index (χ0) is 17.6. The smallest absolute Gasteiger partial charge is 0.349 e. The Morgan fingerprint density at radius 3 is 2.62 bits per heavy atom. The SMILES string of the molecule is CCCCCCNC(=O)Nc1ccn(CCCCCCO)c(=O)n1. The van der Waals surface area contributed by atoms with Crippen LogP contribution >= 0.6 is 0 Å². The summed E-state index contributed by atoms with van der Waals surface area (Å²) < 4.78 is 1.53. The van der Waals surface area contributed by atoms with E-state index in [9.17, 15) is 9.59 Å². The molecule has 0 unspecified atom stereocenters. The Balaban J connectivity index is 2.33. The van der Waals surface area contributed by atoms with Crippen LogP contribution in [0.5, 0.6) is 0 Å². The molecule has 2 amide bonds. The second-order valence-electron chi connectivity index (χ2n) is 5.87. The maximum atomic E-state index is 11.9. The normalized spacial score (nSPS) is 10.6. The summed E-state index contributed by atoms with van der Waals surface area (Å²) in [5.41, 5.74) is -0.363. The Morgan fingerprint density at radius 2 is 1.92 bits per heavy atom. The molecule has 0 spiro atoms. The Labute approximate surface area is 143 Å². The van der Waals surface area contributed by atoms with E-state index in [-0.39, 0.29) is 24.1 Å². The lowest BCUT2D eigenvalue weighted by Crippen LogP contribution is -2.31. The summed E-state index contributed by atoms with van der Waals surface area (Å²) in [4.78, 5) is 27.5. The number of anilines is 1. The van der Waals surface area contributed by atoms with E-state index < -0.39 is 0 Å². The van der Waals surface area contributed by atoms with Crippen LogP contribution in [0, 0.1) is 0 Å². The quantitative estimate of drug-likeness (QED) is 0.510. The first-order valence-electron chi connectivity index (χ1n) is 8.90. The number of unbranched alkanes of at least 4 members (excludes halogenated alkanes) is 6. The van der Waals surface area contributed by atoms with Crippen LogP contribution in [0.2, 0.25) is 0 Å².